The second-order valence-corrected chi connectivity index (χ2v) is 3.96. The Morgan fingerprint density at radius 2 is 1.94 bits per heavy atom. The molecule has 1 aromatic rings. The number of Topliss-reactive ketones (excluding diaryl/α,β-unsaturated/α-hetero) is 1. The largest absolute Gasteiger partial charge is 0.388 e. The van der Waals surface area contributed by atoms with E-state index < -0.39 is 0 Å². The van der Waals surface area contributed by atoms with Crippen LogP contribution < -0.4 is 5.32 Å². The van der Waals surface area contributed by atoms with E-state index in [9.17, 15) is 4.79 Å². The van der Waals surface area contributed by atoms with E-state index in [-0.39, 0.29) is 11.5 Å². The fraction of sp³-hybridized carbons (Fsp3) is 0.286. The predicted octanol–water partition coefficient (Wildman–Crippen LogP) is 2.33. The van der Waals surface area contributed by atoms with Crippen molar-refractivity contribution in [1.82, 2.24) is 5.32 Å². The number of carbonyl (C=O) groups excluding carboxylic acids is 1. The minimum atomic E-state index is -0.214. The fourth-order valence-corrected chi connectivity index (χ4v) is 1.42. The normalized spacial score (nSPS) is 11.1. The highest BCUT2D eigenvalue weighted by Gasteiger charge is 1.99. The molecule has 90 valence electrons. The number of benzene rings is 1. The lowest BCUT2D eigenvalue weighted by Gasteiger charge is -2.06. The van der Waals surface area contributed by atoms with E-state index in [1.807, 2.05) is 25.1 Å². The minimum absolute atomic E-state index is 0.0368. The van der Waals surface area contributed by atoms with Gasteiger partial charge in [0, 0.05) is 19.2 Å². The molecule has 0 radical (unpaired) electrons. The third kappa shape index (κ3) is 5.11. The first-order valence-electron chi connectivity index (χ1n) is 5.65. The summed E-state index contributed by atoms with van der Waals surface area (Å²) in [6, 6.07) is 10.2. The van der Waals surface area contributed by atoms with Gasteiger partial charge >= 0.3 is 0 Å². The summed E-state index contributed by atoms with van der Waals surface area (Å²) in [5, 5.41) is 10.6. The molecule has 0 spiro atoms. The Labute approximate surface area is 102 Å². The Balaban J connectivity index is 2.36. The van der Waals surface area contributed by atoms with Crippen molar-refractivity contribution in [2.75, 3.05) is 6.54 Å². The van der Waals surface area contributed by atoms with Gasteiger partial charge in [-0.2, -0.15) is 0 Å². The highest BCUT2D eigenvalue weighted by molar-refractivity contribution is 6.42. The molecule has 2 N–H and O–H groups in total. The molecule has 0 saturated carbocycles. The van der Waals surface area contributed by atoms with Gasteiger partial charge in [-0.15, -0.1) is 0 Å². The Morgan fingerprint density at radius 3 is 2.53 bits per heavy atom. The smallest absolute Gasteiger partial charge is 0.177 e. The van der Waals surface area contributed by atoms with Crippen molar-refractivity contribution in [2.45, 2.75) is 20.3 Å². The average Bonchev–Trinajstić information content (AvgIpc) is 2.30. The van der Waals surface area contributed by atoms with Gasteiger partial charge in [-0.3, -0.25) is 10.2 Å². The van der Waals surface area contributed by atoms with Gasteiger partial charge in [-0.1, -0.05) is 30.3 Å². The van der Waals surface area contributed by atoms with Gasteiger partial charge < -0.3 is 5.32 Å². The van der Waals surface area contributed by atoms with Gasteiger partial charge in [0.1, 0.15) is 0 Å². The maximum Gasteiger partial charge on any atom is 0.177 e. The van der Waals surface area contributed by atoms with Crippen LogP contribution in [0.4, 0.5) is 0 Å². The molecular weight excluding hydrogens is 212 g/mol. The van der Waals surface area contributed by atoms with Crippen molar-refractivity contribution >= 4 is 11.5 Å². The lowest BCUT2D eigenvalue weighted by atomic mass is 10.1. The van der Waals surface area contributed by atoms with Crippen LogP contribution in [0, 0.1) is 5.41 Å². The number of rotatable bonds is 6. The second-order valence-electron chi connectivity index (χ2n) is 3.96. The molecule has 0 unspecified atom stereocenters. The molecule has 1 rings (SSSR count). The first-order valence-corrected chi connectivity index (χ1v) is 5.65. The molecule has 3 nitrogen and oxygen atoms in total. The number of allylic oxidation sites excluding steroid dienone is 2. The van der Waals surface area contributed by atoms with Crippen molar-refractivity contribution in [2.24, 2.45) is 0 Å². The number of nitrogens with one attached hydrogen (secondary N) is 2. The Bertz CT molecular complexity index is 421. The third-order valence-electron chi connectivity index (χ3n) is 2.40. The van der Waals surface area contributed by atoms with Crippen LogP contribution in [0.25, 0.3) is 0 Å². The van der Waals surface area contributed by atoms with Crippen molar-refractivity contribution in [3.8, 4) is 0 Å². The molecule has 17 heavy (non-hydrogen) atoms. The van der Waals surface area contributed by atoms with E-state index in [0.29, 0.717) is 0 Å². The minimum Gasteiger partial charge on any atom is -0.388 e. The molecule has 0 amide bonds. The van der Waals surface area contributed by atoms with E-state index in [4.69, 9.17) is 5.41 Å². The fourth-order valence-electron chi connectivity index (χ4n) is 1.42. The lowest BCUT2D eigenvalue weighted by molar-refractivity contribution is -0.111. The van der Waals surface area contributed by atoms with Crippen LogP contribution in [0.2, 0.25) is 0 Å². The zero-order valence-electron chi connectivity index (χ0n) is 10.3. The molecule has 0 heterocycles. The molecule has 0 aliphatic carbocycles. The number of carbonyl (C=O) groups is 1. The van der Waals surface area contributed by atoms with Crippen molar-refractivity contribution in [3.63, 3.8) is 0 Å². The Kier molecular flexibility index (Phi) is 5.14. The monoisotopic (exact) mass is 230 g/mol. The molecule has 0 saturated heterocycles. The third-order valence-corrected chi connectivity index (χ3v) is 2.40. The quantitative estimate of drug-likeness (QED) is 0.737. The van der Waals surface area contributed by atoms with Crippen LogP contribution in [0.3, 0.4) is 0 Å². The van der Waals surface area contributed by atoms with E-state index in [0.717, 1.165) is 18.7 Å². The summed E-state index contributed by atoms with van der Waals surface area (Å²) in [5.74, 6) is -0.214. The zero-order valence-corrected chi connectivity index (χ0v) is 10.3. The Hall–Kier alpha value is -1.90. The molecule has 0 aliphatic heterocycles. The van der Waals surface area contributed by atoms with E-state index in [2.05, 4.69) is 17.4 Å². The maximum atomic E-state index is 10.9. The molecular formula is C14H18N2O. The Morgan fingerprint density at radius 1 is 1.29 bits per heavy atom. The van der Waals surface area contributed by atoms with E-state index in [1.54, 1.807) is 6.08 Å². The summed E-state index contributed by atoms with van der Waals surface area (Å²) in [6.45, 7) is 4.07. The van der Waals surface area contributed by atoms with Gasteiger partial charge in [0.15, 0.2) is 5.78 Å². The number of hydrogen-bond acceptors (Lipinski definition) is 3. The maximum absolute atomic E-state index is 10.9. The summed E-state index contributed by atoms with van der Waals surface area (Å²) < 4.78 is 0. The average molecular weight is 230 g/mol. The topological polar surface area (TPSA) is 53.0 Å². The van der Waals surface area contributed by atoms with Gasteiger partial charge in [0.25, 0.3) is 0 Å². The molecule has 0 atom stereocenters. The summed E-state index contributed by atoms with van der Waals surface area (Å²) in [5.41, 5.74) is 2.16. The van der Waals surface area contributed by atoms with Gasteiger partial charge in [0.05, 0.1) is 5.71 Å². The molecule has 0 aliphatic rings. The highest BCUT2D eigenvalue weighted by atomic mass is 16.1. The van der Waals surface area contributed by atoms with Crippen LogP contribution in [0.15, 0.2) is 42.1 Å². The standard InChI is InChI=1S/C14H18N2O/c1-11(10-14(15)12(2)17)16-9-8-13-6-4-3-5-7-13/h3-7,10,15-16H,8-9H2,1-2H3/b11-10-,15-14?. The van der Waals surface area contributed by atoms with Crippen LogP contribution in [-0.2, 0) is 11.2 Å². The van der Waals surface area contributed by atoms with Crippen molar-refractivity contribution in [1.29, 1.82) is 5.41 Å². The molecule has 3 heteroatoms. The number of hydrogen-bond donors (Lipinski definition) is 2. The molecule has 0 aromatic heterocycles. The summed E-state index contributed by atoms with van der Waals surface area (Å²) in [7, 11) is 0. The summed E-state index contributed by atoms with van der Waals surface area (Å²) in [6.07, 6.45) is 2.49. The van der Waals surface area contributed by atoms with Crippen LogP contribution in [0.5, 0.6) is 0 Å². The van der Waals surface area contributed by atoms with Crippen LogP contribution >= 0.6 is 0 Å². The second kappa shape index (κ2) is 6.63. The van der Waals surface area contributed by atoms with Gasteiger partial charge in [-0.05, 0) is 25.0 Å². The van der Waals surface area contributed by atoms with Crippen LogP contribution in [0.1, 0.15) is 19.4 Å². The number of ketones is 1. The SMILES string of the molecule is CC(=O)C(=N)/C=C(/C)NCCc1ccccc1. The van der Waals surface area contributed by atoms with Crippen molar-refractivity contribution < 1.29 is 4.79 Å². The predicted molar refractivity (Wildman–Crippen MR) is 70.3 cm³/mol. The van der Waals surface area contributed by atoms with Crippen molar-refractivity contribution in [3.05, 3.63) is 47.7 Å². The first-order chi connectivity index (χ1) is 8.09. The first kappa shape index (κ1) is 13.2. The summed E-state index contributed by atoms with van der Waals surface area (Å²) >= 11 is 0. The summed E-state index contributed by atoms with van der Waals surface area (Å²) in [4.78, 5) is 10.9. The molecule has 0 fully saturated rings. The van der Waals surface area contributed by atoms with E-state index in [1.165, 1.54) is 12.5 Å². The molecule has 1 aromatic carbocycles. The van der Waals surface area contributed by atoms with E-state index >= 15 is 0 Å². The lowest BCUT2D eigenvalue weighted by Crippen LogP contribution is -2.17. The van der Waals surface area contributed by atoms with Crippen LogP contribution in [-0.4, -0.2) is 18.0 Å². The van der Waals surface area contributed by atoms with Gasteiger partial charge in [-0.25, -0.2) is 0 Å². The zero-order chi connectivity index (χ0) is 12.7. The van der Waals surface area contributed by atoms with Gasteiger partial charge in [0.2, 0.25) is 0 Å². The molecule has 0 bridgehead atoms. The highest BCUT2D eigenvalue weighted by Crippen LogP contribution is 1.99.